The van der Waals surface area contributed by atoms with E-state index in [1.807, 2.05) is 27.2 Å². The van der Waals surface area contributed by atoms with E-state index >= 15 is 0 Å². The highest BCUT2D eigenvalue weighted by Crippen LogP contribution is 2.43. The van der Waals surface area contributed by atoms with E-state index in [2.05, 4.69) is 43.5 Å². The number of phosphoric acid groups is 1. The zero-order chi connectivity index (χ0) is 58.4. The Morgan fingerprint density at radius 2 is 0.688 bits per heavy atom. The summed E-state index contributed by atoms with van der Waals surface area (Å²) in [6.07, 6.45) is 83.2. The highest BCUT2D eigenvalue weighted by molar-refractivity contribution is 7.47. The number of hydrogen-bond donors (Lipinski definition) is 3. The molecule has 0 heterocycles. The Hall–Kier alpha value is -1.28. The molecule has 80 heavy (non-hydrogen) atoms. The van der Waals surface area contributed by atoms with Crippen molar-refractivity contribution in [2.45, 2.75) is 373 Å². The highest BCUT2D eigenvalue weighted by Gasteiger charge is 2.28. The minimum Gasteiger partial charge on any atom is -0.387 e. The number of hydrogen-bond acceptors (Lipinski definition) is 5. The first-order valence-electron chi connectivity index (χ1n) is 35.4. The van der Waals surface area contributed by atoms with Crippen molar-refractivity contribution >= 4 is 13.7 Å². The second-order valence-corrected chi connectivity index (χ2v) is 27.1. The maximum Gasteiger partial charge on any atom is 0.472 e. The quantitative estimate of drug-likeness (QED) is 0.0243. The van der Waals surface area contributed by atoms with Crippen molar-refractivity contribution < 1.29 is 32.9 Å². The van der Waals surface area contributed by atoms with E-state index in [0.29, 0.717) is 17.4 Å². The molecule has 474 valence electrons. The number of aliphatic hydroxyl groups is 1. The van der Waals surface area contributed by atoms with Crippen molar-refractivity contribution in [2.24, 2.45) is 0 Å². The van der Waals surface area contributed by atoms with Crippen LogP contribution in [-0.2, 0) is 18.4 Å². The number of nitrogens with one attached hydrogen (secondary N) is 1. The van der Waals surface area contributed by atoms with Crippen molar-refractivity contribution in [2.75, 3.05) is 40.9 Å². The van der Waals surface area contributed by atoms with Crippen LogP contribution in [0.3, 0.4) is 0 Å². The Bertz CT molecular complexity index is 1400. The molecule has 3 atom stereocenters. The van der Waals surface area contributed by atoms with Crippen molar-refractivity contribution in [3.63, 3.8) is 0 Å². The normalized spacial score (nSPS) is 13.8. The molecule has 0 aromatic carbocycles. The zero-order valence-corrected chi connectivity index (χ0v) is 55.2. The molecular formula is C71H140N2O6P+. The number of likely N-dealkylation sites (N-methyl/N-ethyl adjacent to an activating group) is 1. The molecule has 0 aliphatic carbocycles. The summed E-state index contributed by atoms with van der Waals surface area (Å²) in [5.74, 6) is -0.179. The molecule has 0 saturated heterocycles. The highest BCUT2D eigenvalue weighted by atomic mass is 31.2. The maximum absolute atomic E-state index is 13.0. The Kier molecular flexibility index (Phi) is 61.3. The number of carbonyl (C=O) groups is 1. The second kappa shape index (κ2) is 62.3. The molecule has 3 N–H and O–H groups in total. The molecule has 0 aromatic heterocycles. The summed E-state index contributed by atoms with van der Waals surface area (Å²) >= 11 is 0. The number of aliphatic hydroxyl groups excluding tert-OH is 1. The van der Waals surface area contributed by atoms with Crippen LogP contribution in [-0.4, -0.2) is 73.4 Å². The van der Waals surface area contributed by atoms with Gasteiger partial charge in [-0.15, -0.1) is 0 Å². The van der Waals surface area contributed by atoms with Crippen LogP contribution in [0, 0.1) is 0 Å². The first-order valence-corrected chi connectivity index (χ1v) is 36.9. The molecule has 8 nitrogen and oxygen atoms in total. The Morgan fingerprint density at radius 3 is 1.00 bits per heavy atom. The number of rotatable bonds is 66. The lowest BCUT2D eigenvalue weighted by atomic mass is 10.0. The lowest BCUT2D eigenvalue weighted by molar-refractivity contribution is -0.870. The molecule has 3 unspecified atom stereocenters. The van der Waals surface area contributed by atoms with Crippen LogP contribution in [0.1, 0.15) is 361 Å². The van der Waals surface area contributed by atoms with Gasteiger partial charge in [-0.3, -0.25) is 13.8 Å². The van der Waals surface area contributed by atoms with Gasteiger partial charge in [0.1, 0.15) is 13.2 Å². The summed E-state index contributed by atoms with van der Waals surface area (Å²) in [6, 6.07) is -0.862. The van der Waals surface area contributed by atoms with E-state index in [1.54, 1.807) is 6.08 Å². The Labute approximate surface area is 499 Å². The minimum absolute atomic E-state index is 0.0583. The summed E-state index contributed by atoms with van der Waals surface area (Å²) < 4.78 is 23.8. The average Bonchev–Trinajstić information content (AvgIpc) is 3.42. The van der Waals surface area contributed by atoms with Gasteiger partial charge >= 0.3 is 7.82 Å². The van der Waals surface area contributed by atoms with Crippen LogP contribution >= 0.6 is 7.82 Å². The van der Waals surface area contributed by atoms with Crippen LogP contribution < -0.4 is 5.32 Å². The van der Waals surface area contributed by atoms with Crippen molar-refractivity contribution in [3.8, 4) is 0 Å². The molecule has 0 aliphatic heterocycles. The molecule has 0 aliphatic rings. The number of unbranched alkanes of at least 4 members (excludes halogenated alkanes) is 49. The third kappa shape index (κ3) is 64.3. The molecule has 0 bridgehead atoms. The lowest BCUT2D eigenvalue weighted by Crippen LogP contribution is -2.45. The van der Waals surface area contributed by atoms with Crippen LogP contribution in [0.25, 0.3) is 0 Å². The zero-order valence-electron chi connectivity index (χ0n) is 54.3. The van der Waals surface area contributed by atoms with Crippen LogP contribution in [0.5, 0.6) is 0 Å². The summed E-state index contributed by atoms with van der Waals surface area (Å²) in [5, 5.41) is 14.0. The van der Waals surface area contributed by atoms with Crippen LogP contribution in [0.2, 0.25) is 0 Å². The molecule has 1 amide bonds. The molecule has 0 rings (SSSR count). The third-order valence-corrected chi connectivity index (χ3v) is 17.3. The van der Waals surface area contributed by atoms with Crippen molar-refractivity contribution in [3.05, 3.63) is 36.5 Å². The summed E-state index contributed by atoms with van der Waals surface area (Å²) in [4.78, 5) is 23.4. The first kappa shape index (κ1) is 78.7. The second-order valence-electron chi connectivity index (χ2n) is 25.6. The van der Waals surface area contributed by atoms with Gasteiger partial charge < -0.3 is 19.8 Å². The molecule has 0 radical (unpaired) electrons. The number of phosphoric ester groups is 1. The van der Waals surface area contributed by atoms with E-state index in [1.165, 1.54) is 302 Å². The molecular weight excluding hydrogens is 1010 g/mol. The molecule has 0 aromatic rings. The fourth-order valence-corrected chi connectivity index (χ4v) is 11.6. The van der Waals surface area contributed by atoms with Gasteiger partial charge in [-0.25, -0.2) is 4.57 Å². The smallest absolute Gasteiger partial charge is 0.387 e. The van der Waals surface area contributed by atoms with E-state index in [4.69, 9.17) is 9.05 Å². The standard InChI is InChI=1S/C71H139N2O6P/c1-6-8-10-12-14-16-18-20-22-24-26-27-28-29-30-31-32-33-34-35-36-37-38-39-40-41-42-43-44-45-47-49-51-53-55-57-59-61-63-65-71(75)72-69(68-79-80(76,77)78-67-66-73(3,4)5)70(74)64-62-60-58-56-54-52-50-48-46-25-23-21-19-17-15-13-11-9-7-2/h24,26,54,56,62,64,69-70,74H,6-23,25,27-53,55,57-61,63,65-68H2,1-5H3,(H-,72,75,76,77)/p+1/b26-24-,56-54+,64-62+. The number of nitrogens with zero attached hydrogens (tertiary/aromatic N) is 1. The maximum atomic E-state index is 13.0. The SMILES string of the molecule is CCCCCCCCCC/C=C\CCCCCCCCCCCCCCCCCCCCCCCCCCCCCC(=O)NC(COP(=O)(O)OCC[N+](C)(C)C)C(O)/C=C/CC/C=C/CCCCCCCCCCCCCCC. The van der Waals surface area contributed by atoms with Gasteiger partial charge in [0.2, 0.25) is 5.91 Å². The van der Waals surface area contributed by atoms with Gasteiger partial charge in [0.25, 0.3) is 0 Å². The van der Waals surface area contributed by atoms with Gasteiger partial charge in [-0.2, -0.15) is 0 Å². The average molecular weight is 1150 g/mol. The van der Waals surface area contributed by atoms with Gasteiger partial charge in [-0.05, 0) is 57.8 Å². The van der Waals surface area contributed by atoms with Crippen molar-refractivity contribution in [1.82, 2.24) is 5.32 Å². The fourth-order valence-electron chi connectivity index (χ4n) is 10.8. The Morgan fingerprint density at radius 1 is 0.412 bits per heavy atom. The summed E-state index contributed by atoms with van der Waals surface area (Å²) in [6.45, 7) is 4.84. The minimum atomic E-state index is -4.36. The van der Waals surface area contributed by atoms with Crippen LogP contribution in [0.4, 0.5) is 0 Å². The lowest BCUT2D eigenvalue weighted by Gasteiger charge is -2.25. The molecule has 0 saturated carbocycles. The number of amides is 1. The predicted octanol–water partition coefficient (Wildman–Crippen LogP) is 22.4. The predicted molar refractivity (Wildman–Crippen MR) is 351 cm³/mol. The largest absolute Gasteiger partial charge is 0.472 e. The first-order chi connectivity index (χ1) is 39.0. The van der Waals surface area contributed by atoms with E-state index in [9.17, 15) is 19.4 Å². The summed E-state index contributed by atoms with van der Waals surface area (Å²) in [7, 11) is 1.57. The fraction of sp³-hybridized carbons (Fsp3) is 0.901. The van der Waals surface area contributed by atoms with Crippen molar-refractivity contribution in [1.29, 1.82) is 0 Å². The van der Waals surface area contributed by atoms with E-state index in [0.717, 1.165) is 38.5 Å². The van der Waals surface area contributed by atoms with Gasteiger partial charge in [0.05, 0.1) is 39.9 Å². The number of carbonyl (C=O) groups excluding carboxylic acids is 1. The summed E-state index contributed by atoms with van der Waals surface area (Å²) in [5.41, 5.74) is 0. The van der Waals surface area contributed by atoms with Gasteiger partial charge in [0.15, 0.2) is 0 Å². The molecule has 0 fully saturated rings. The van der Waals surface area contributed by atoms with E-state index < -0.39 is 20.0 Å². The number of allylic oxidation sites excluding steroid dienone is 5. The monoisotopic (exact) mass is 1150 g/mol. The topological polar surface area (TPSA) is 105 Å². The Balaban J connectivity index is 3.93. The van der Waals surface area contributed by atoms with E-state index in [-0.39, 0.29) is 19.1 Å². The van der Waals surface area contributed by atoms with Gasteiger partial charge in [-0.1, -0.05) is 333 Å². The third-order valence-electron chi connectivity index (χ3n) is 16.3. The van der Waals surface area contributed by atoms with Crippen LogP contribution in [0.15, 0.2) is 36.5 Å². The van der Waals surface area contributed by atoms with Gasteiger partial charge in [0, 0.05) is 6.42 Å². The molecule has 9 heteroatoms. The number of quaternary nitrogens is 1. The molecule has 0 spiro atoms.